The van der Waals surface area contributed by atoms with Gasteiger partial charge in [0.1, 0.15) is 0 Å². The van der Waals surface area contributed by atoms with Gasteiger partial charge in [0.2, 0.25) is 0 Å². The van der Waals surface area contributed by atoms with E-state index in [4.69, 9.17) is 0 Å². The second-order valence-corrected chi connectivity index (χ2v) is 3.09. The van der Waals surface area contributed by atoms with Gasteiger partial charge in [0.15, 0.2) is 0 Å². The Bertz CT molecular complexity index is 287. The molecule has 0 aromatic carbocycles. The Kier molecular flexibility index (Phi) is 4.79. The maximum Gasteiger partial charge on any atom is 0.319 e. The Morgan fingerprint density at radius 1 is 1.73 bits per heavy atom. The SMILES string of the molecule is COC(=O)CNCC(O)Cn1cccn1. The molecule has 1 aromatic heterocycles. The van der Waals surface area contributed by atoms with Crippen molar-refractivity contribution in [3.63, 3.8) is 0 Å². The van der Waals surface area contributed by atoms with Crippen molar-refractivity contribution in [2.45, 2.75) is 12.6 Å². The van der Waals surface area contributed by atoms with Gasteiger partial charge in [-0.15, -0.1) is 0 Å². The van der Waals surface area contributed by atoms with Crippen LogP contribution in [-0.4, -0.2) is 47.2 Å². The predicted octanol–water partition coefficient (Wildman–Crippen LogP) is -0.993. The Labute approximate surface area is 87.8 Å². The average Bonchev–Trinajstić information content (AvgIpc) is 2.70. The zero-order valence-corrected chi connectivity index (χ0v) is 8.59. The largest absolute Gasteiger partial charge is 0.468 e. The number of nitrogens with zero attached hydrogens (tertiary/aromatic N) is 2. The van der Waals surface area contributed by atoms with Crippen LogP contribution in [0.5, 0.6) is 0 Å². The molecular weight excluding hydrogens is 198 g/mol. The molecule has 1 unspecified atom stereocenters. The second-order valence-electron chi connectivity index (χ2n) is 3.09. The molecule has 0 aliphatic heterocycles. The fraction of sp³-hybridized carbons (Fsp3) is 0.556. The van der Waals surface area contributed by atoms with Crippen LogP contribution >= 0.6 is 0 Å². The first-order valence-corrected chi connectivity index (χ1v) is 4.65. The van der Waals surface area contributed by atoms with E-state index in [0.717, 1.165) is 0 Å². The summed E-state index contributed by atoms with van der Waals surface area (Å²) in [6, 6.07) is 1.79. The van der Waals surface area contributed by atoms with Crippen LogP contribution in [0.25, 0.3) is 0 Å². The normalized spacial score (nSPS) is 12.4. The van der Waals surface area contributed by atoms with Gasteiger partial charge in [-0.3, -0.25) is 9.48 Å². The average molecular weight is 213 g/mol. The third-order valence-corrected chi connectivity index (χ3v) is 1.83. The summed E-state index contributed by atoms with van der Waals surface area (Å²) in [5.41, 5.74) is 0. The number of hydrogen-bond donors (Lipinski definition) is 2. The summed E-state index contributed by atoms with van der Waals surface area (Å²) in [5.74, 6) is -0.346. The molecule has 84 valence electrons. The molecule has 1 rings (SSSR count). The third-order valence-electron chi connectivity index (χ3n) is 1.83. The molecule has 1 heterocycles. The van der Waals surface area contributed by atoms with Crippen molar-refractivity contribution in [1.29, 1.82) is 0 Å². The van der Waals surface area contributed by atoms with E-state index in [0.29, 0.717) is 13.1 Å². The topological polar surface area (TPSA) is 76.4 Å². The van der Waals surface area contributed by atoms with Crippen molar-refractivity contribution >= 4 is 5.97 Å². The Morgan fingerprint density at radius 2 is 2.53 bits per heavy atom. The van der Waals surface area contributed by atoms with E-state index < -0.39 is 6.10 Å². The van der Waals surface area contributed by atoms with Gasteiger partial charge in [0.25, 0.3) is 0 Å². The number of rotatable bonds is 6. The van der Waals surface area contributed by atoms with Crippen LogP contribution in [0.3, 0.4) is 0 Å². The minimum absolute atomic E-state index is 0.104. The van der Waals surface area contributed by atoms with Crippen molar-refractivity contribution < 1.29 is 14.6 Å². The lowest BCUT2D eigenvalue weighted by Crippen LogP contribution is -2.34. The molecule has 1 aromatic rings. The molecule has 6 heteroatoms. The monoisotopic (exact) mass is 213 g/mol. The standard InChI is InChI=1S/C9H15N3O3/c1-15-9(14)6-10-5-8(13)7-12-4-2-3-11-12/h2-4,8,10,13H,5-7H2,1H3. The summed E-state index contributed by atoms with van der Waals surface area (Å²) < 4.78 is 6.07. The lowest BCUT2D eigenvalue weighted by atomic mass is 10.3. The van der Waals surface area contributed by atoms with Crippen LogP contribution in [0.2, 0.25) is 0 Å². The van der Waals surface area contributed by atoms with Crippen LogP contribution < -0.4 is 5.32 Å². The summed E-state index contributed by atoms with van der Waals surface area (Å²) in [7, 11) is 1.32. The molecular formula is C9H15N3O3. The fourth-order valence-electron chi connectivity index (χ4n) is 1.10. The second kappa shape index (κ2) is 6.15. The van der Waals surface area contributed by atoms with E-state index in [1.54, 1.807) is 23.1 Å². The Hall–Kier alpha value is -1.40. The van der Waals surface area contributed by atoms with E-state index >= 15 is 0 Å². The molecule has 6 nitrogen and oxygen atoms in total. The third kappa shape index (κ3) is 4.57. The van der Waals surface area contributed by atoms with Crippen molar-refractivity contribution in [3.8, 4) is 0 Å². The Balaban J connectivity index is 2.14. The van der Waals surface area contributed by atoms with E-state index in [1.165, 1.54) is 7.11 Å². The molecule has 0 fully saturated rings. The highest BCUT2D eigenvalue weighted by atomic mass is 16.5. The van der Waals surface area contributed by atoms with Gasteiger partial charge >= 0.3 is 5.97 Å². The fourth-order valence-corrected chi connectivity index (χ4v) is 1.10. The number of aliphatic hydroxyl groups excluding tert-OH is 1. The maximum atomic E-state index is 10.7. The summed E-state index contributed by atoms with van der Waals surface area (Å²) in [6.07, 6.45) is 2.84. The molecule has 0 radical (unpaired) electrons. The minimum atomic E-state index is -0.574. The first-order valence-electron chi connectivity index (χ1n) is 4.65. The quantitative estimate of drug-likeness (QED) is 0.593. The highest BCUT2D eigenvalue weighted by Gasteiger charge is 2.06. The van der Waals surface area contributed by atoms with Crippen molar-refractivity contribution in [1.82, 2.24) is 15.1 Å². The predicted molar refractivity (Wildman–Crippen MR) is 53.1 cm³/mol. The molecule has 1 atom stereocenters. The minimum Gasteiger partial charge on any atom is -0.468 e. The number of hydrogen-bond acceptors (Lipinski definition) is 5. The molecule has 0 bridgehead atoms. The van der Waals surface area contributed by atoms with E-state index in [1.807, 2.05) is 0 Å². The van der Waals surface area contributed by atoms with Crippen LogP contribution in [0, 0.1) is 0 Å². The van der Waals surface area contributed by atoms with Crippen molar-refractivity contribution in [2.75, 3.05) is 20.2 Å². The van der Waals surface area contributed by atoms with Crippen LogP contribution in [-0.2, 0) is 16.1 Å². The van der Waals surface area contributed by atoms with Crippen LogP contribution in [0.15, 0.2) is 18.5 Å². The smallest absolute Gasteiger partial charge is 0.319 e. The molecule has 2 N–H and O–H groups in total. The highest BCUT2D eigenvalue weighted by Crippen LogP contribution is 1.89. The lowest BCUT2D eigenvalue weighted by molar-refractivity contribution is -0.139. The molecule has 0 amide bonds. The number of carbonyl (C=O) groups is 1. The van der Waals surface area contributed by atoms with Gasteiger partial charge in [-0.05, 0) is 6.07 Å². The number of aromatic nitrogens is 2. The zero-order valence-electron chi connectivity index (χ0n) is 8.59. The first kappa shape index (κ1) is 11.7. The van der Waals surface area contributed by atoms with Crippen LogP contribution in [0.4, 0.5) is 0 Å². The summed E-state index contributed by atoms with van der Waals surface area (Å²) in [4.78, 5) is 10.7. The molecule has 0 saturated heterocycles. The number of nitrogens with one attached hydrogen (secondary N) is 1. The highest BCUT2D eigenvalue weighted by molar-refractivity contribution is 5.71. The number of aliphatic hydroxyl groups is 1. The number of ether oxygens (including phenoxy) is 1. The van der Waals surface area contributed by atoms with Gasteiger partial charge < -0.3 is 15.2 Å². The molecule has 0 aliphatic carbocycles. The van der Waals surface area contributed by atoms with Crippen molar-refractivity contribution in [2.24, 2.45) is 0 Å². The molecule has 0 aliphatic rings. The number of esters is 1. The van der Waals surface area contributed by atoms with Gasteiger partial charge in [0, 0.05) is 18.9 Å². The summed E-state index contributed by atoms with van der Waals surface area (Å²) in [6.45, 7) is 0.836. The first-order chi connectivity index (χ1) is 7.22. The van der Waals surface area contributed by atoms with Crippen LogP contribution in [0.1, 0.15) is 0 Å². The maximum absolute atomic E-state index is 10.7. The summed E-state index contributed by atoms with van der Waals surface area (Å²) >= 11 is 0. The summed E-state index contributed by atoms with van der Waals surface area (Å²) in [5, 5.41) is 16.3. The zero-order chi connectivity index (χ0) is 11.1. The number of methoxy groups -OCH3 is 1. The molecule has 15 heavy (non-hydrogen) atoms. The number of carbonyl (C=O) groups excluding carboxylic acids is 1. The van der Waals surface area contributed by atoms with Crippen molar-refractivity contribution in [3.05, 3.63) is 18.5 Å². The van der Waals surface area contributed by atoms with Gasteiger partial charge in [0.05, 0.1) is 26.3 Å². The van der Waals surface area contributed by atoms with Gasteiger partial charge in [-0.25, -0.2) is 0 Å². The van der Waals surface area contributed by atoms with E-state index in [9.17, 15) is 9.90 Å². The van der Waals surface area contributed by atoms with Gasteiger partial charge in [-0.2, -0.15) is 5.10 Å². The molecule has 0 spiro atoms. The van der Waals surface area contributed by atoms with E-state index in [-0.39, 0.29) is 12.5 Å². The lowest BCUT2D eigenvalue weighted by Gasteiger charge is -2.11. The van der Waals surface area contributed by atoms with E-state index in [2.05, 4.69) is 15.2 Å². The van der Waals surface area contributed by atoms with Gasteiger partial charge in [-0.1, -0.05) is 0 Å². The molecule has 0 saturated carbocycles. The Morgan fingerprint density at radius 3 is 3.13 bits per heavy atom.